The third-order valence-corrected chi connectivity index (χ3v) is 5.84. The lowest BCUT2D eigenvalue weighted by Crippen LogP contribution is -2.39. The Hall–Kier alpha value is -1.51. The molecule has 1 unspecified atom stereocenters. The van der Waals surface area contributed by atoms with Crippen LogP contribution >= 0.6 is 23.1 Å². The first-order valence-electron chi connectivity index (χ1n) is 7.06. The number of nitrogens with zero attached hydrogens (tertiary/aromatic N) is 2. The number of thioether (sulfide) groups is 1. The summed E-state index contributed by atoms with van der Waals surface area (Å²) in [5.41, 5.74) is 6.44. The molecule has 0 bridgehead atoms. The first kappa shape index (κ1) is 16.4. The molecule has 0 spiro atoms. The maximum atomic E-state index is 13.5. The molecule has 1 aromatic carbocycles. The first-order chi connectivity index (χ1) is 11.0. The van der Waals surface area contributed by atoms with E-state index in [2.05, 4.69) is 4.98 Å². The average Bonchev–Trinajstić information content (AvgIpc) is 3.15. The molecule has 122 valence electrons. The Labute approximate surface area is 140 Å². The van der Waals surface area contributed by atoms with Crippen LogP contribution in [-0.2, 0) is 0 Å². The fourth-order valence-corrected chi connectivity index (χ4v) is 4.49. The third kappa shape index (κ3) is 3.11. The average molecular weight is 355 g/mol. The topological polar surface area (TPSA) is 59.2 Å². The number of hydrogen-bond donors (Lipinski definition) is 1. The van der Waals surface area contributed by atoms with Gasteiger partial charge >= 0.3 is 0 Å². The highest BCUT2D eigenvalue weighted by Gasteiger charge is 2.32. The molecule has 1 aliphatic rings. The molecular weight excluding hydrogens is 340 g/mol. The molecule has 1 fully saturated rings. The summed E-state index contributed by atoms with van der Waals surface area (Å²) < 4.78 is 26.7. The summed E-state index contributed by atoms with van der Waals surface area (Å²) >= 11 is 2.92. The van der Waals surface area contributed by atoms with Gasteiger partial charge in [-0.25, -0.2) is 13.8 Å². The molecule has 4 nitrogen and oxygen atoms in total. The van der Waals surface area contributed by atoms with Crippen LogP contribution in [0.2, 0.25) is 0 Å². The van der Waals surface area contributed by atoms with Crippen molar-refractivity contribution < 1.29 is 13.6 Å². The Kier molecular flexibility index (Phi) is 4.65. The smallest absolute Gasteiger partial charge is 0.274 e. The van der Waals surface area contributed by atoms with Crippen molar-refractivity contribution in [2.75, 3.05) is 18.8 Å². The largest absolute Gasteiger partial charge is 0.328 e. The van der Waals surface area contributed by atoms with E-state index in [0.717, 1.165) is 17.9 Å². The molecule has 1 aromatic heterocycles. The molecular formula is C15H15F2N3OS2. The van der Waals surface area contributed by atoms with Crippen LogP contribution in [0.1, 0.15) is 15.5 Å². The SMILES string of the molecule is Cc1nc(C(=O)N2CCSC2CN)c(-c2ccc(F)c(F)c2)s1. The fraction of sp³-hybridized carbons (Fsp3) is 0.333. The van der Waals surface area contributed by atoms with Crippen molar-refractivity contribution in [2.45, 2.75) is 12.3 Å². The van der Waals surface area contributed by atoms with Gasteiger partial charge in [-0.05, 0) is 24.6 Å². The van der Waals surface area contributed by atoms with Crippen LogP contribution in [0.15, 0.2) is 18.2 Å². The standard InChI is InChI=1S/C15H15F2N3OS2/c1-8-19-13(15(21)20-4-5-22-12(20)7-18)14(23-8)9-2-3-10(16)11(17)6-9/h2-3,6,12H,4-5,7,18H2,1H3. The molecule has 1 atom stereocenters. The number of hydrogen-bond acceptors (Lipinski definition) is 5. The van der Waals surface area contributed by atoms with Crippen LogP contribution in [0, 0.1) is 18.6 Å². The number of amides is 1. The summed E-state index contributed by atoms with van der Waals surface area (Å²) in [6.07, 6.45) is 0. The number of rotatable bonds is 3. The molecule has 3 rings (SSSR count). The van der Waals surface area contributed by atoms with Crippen LogP contribution in [0.5, 0.6) is 0 Å². The van der Waals surface area contributed by atoms with Gasteiger partial charge < -0.3 is 10.6 Å². The van der Waals surface area contributed by atoms with E-state index in [1.54, 1.807) is 23.6 Å². The lowest BCUT2D eigenvalue weighted by Gasteiger charge is -2.22. The van der Waals surface area contributed by atoms with Gasteiger partial charge in [0.25, 0.3) is 5.91 Å². The van der Waals surface area contributed by atoms with Crippen molar-refractivity contribution in [1.29, 1.82) is 0 Å². The number of benzene rings is 1. The summed E-state index contributed by atoms with van der Waals surface area (Å²) in [5.74, 6) is -1.24. The third-order valence-electron chi connectivity index (χ3n) is 3.57. The molecule has 1 saturated heterocycles. The van der Waals surface area contributed by atoms with Gasteiger partial charge in [-0.2, -0.15) is 0 Å². The molecule has 23 heavy (non-hydrogen) atoms. The second-order valence-corrected chi connectivity index (χ2v) is 7.59. The fourth-order valence-electron chi connectivity index (χ4n) is 2.49. The summed E-state index contributed by atoms with van der Waals surface area (Å²) in [6, 6.07) is 3.61. The molecule has 8 heteroatoms. The van der Waals surface area contributed by atoms with E-state index in [0.29, 0.717) is 28.5 Å². The molecule has 2 heterocycles. The van der Waals surface area contributed by atoms with E-state index in [4.69, 9.17) is 5.73 Å². The van der Waals surface area contributed by atoms with Crippen molar-refractivity contribution in [3.05, 3.63) is 40.5 Å². The summed E-state index contributed by atoms with van der Waals surface area (Å²) in [5, 5.41) is 0.631. The van der Waals surface area contributed by atoms with Crippen molar-refractivity contribution in [3.63, 3.8) is 0 Å². The Bertz CT molecular complexity index is 750. The summed E-state index contributed by atoms with van der Waals surface area (Å²) in [7, 11) is 0. The van der Waals surface area contributed by atoms with Crippen LogP contribution in [0.25, 0.3) is 10.4 Å². The van der Waals surface area contributed by atoms with Crippen LogP contribution in [0.3, 0.4) is 0 Å². The number of thiazole rings is 1. The van der Waals surface area contributed by atoms with Crippen molar-refractivity contribution in [1.82, 2.24) is 9.88 Å². The first-order valence-corrected chi connectivity index (χ1v) is 8.93. The van der Waals surface area contributed by atoms with Crippen molar-refractivity contribution in [2.24, 2.45) is 5.73 Å². The number of nitrogens with two attached hydrogens (primary N) is 1. The number of carbonyl (C=O) groups is 1. The minimum Gasteiger partial charge on any atom is -0.328 e. The van der Waals surface area contributed by atoms with Gasteiger partial charge in [0.05, 0.1) is 15.3 Å². The van der Waals surface area contributed by atoms with Gasteiger partial charge in [-0.1, -0.05) is 6.07 Å². The summed E-state index contributed by atoms with van der Waals surface area (Å²) in [4.78, 5) is 19.4. The van der Waals surface area contributed by atoms with E-state index >= 15 is 0 Å². The van der Waals surface area contributed by atoms with E-state index in [-0.39, 0.29) is 17.0 Å². The normalized spacial score (nSPS) is 17.7. The lowest BCUT2D eigenvalue weighted by atomic mass is 10.1. The Morgan fingerprint density at radius 2 is 2.22 bits per heavy atom. The number of carbonyl (C=O) groups excluding carboxylic acids is 1. The van der Waals surface area contributed by atoms with E-state index in [1.165, 1.54) is 17.4 Å². The second kappa shape index (κ2) is 6.54. The highest BCUT2D eigenvalue weighted by Crippen LogP contribution is 2.33. The summed E-state index contributed by atoms with van der Waals surface area (Å²) in [6.45, 7) is 2.77. The van der Waals surface area contributed by atoms with Gasteiger partial charge in [-0.3, -0.25) is 4.79 Å². The van der Waals surface area contributed by atoms with Crippen molar-refractivity contribution >= 4 is 29.0 Å². The maximum absolute atomic E-state index is 13.5. The van der Waals surface area contributed by atoms with E-state index in [1.807, 2.05) is 0 Å². The van der Waals surface area contributed by atoms with Crippen LogP contribution in [-0.4, -0.2) is 40.0 Å². The van der Waals surface area contributed by atoms with E-state index < -0.39 is 11.6 Å². The maximum Gasteiger partial charge on any atom is 0.274 e. The number of aromatic nitrogens is 1. The minimum absolute atomic E-state index is 0.0673. The van der Waals surface area contributed by atoms with Gasteiger partial charge in [0, 0.05) is 18.8 Å². The predicted octanol–water partition coefficient (Wildman–Crippen LogP) is 2.87. The van der Waals surface area contributed by atoms with Crippen LogP contribution in [0.4, 0.5) is 8.78 Å². The Morgan fingerprint density at radius 3 is 2.91 bits per heavy atom. The highest BCUT2D eigenvalue weighted by molar-refractivity contribution is 8.00. The van der Waals surface area contributed by atoms with Gasteiger partial charge in [-0.15, -0.1) is 23.1 Å². The molecule has 2 aromatic rings. The quantitative estimate of drug-likeness (QED) is 0.920. The Morgan fingerprint density at radius 1 is 1.43 bits per heavy atom. The van der Waals surface area contributed by atoms with Gasteiger partial charge in [0.1, 0.15) is 5.69 Å². The molecule has 2 N–H and O–H groups in total. The predicted molar refractivity (Wildman–Crippen MR) is 88.5 cm³/mol. The number of aryl methyl sites for hydroxylation is 1. The van der Waals surface area contributed by atoms with Gasteiger partial charge in [0.15, 0.2) is 11.6 Å². The molecule has 0 saturated carbocycles. The molecule has 0 radical (unpaired) electrons. The molecule has 1 amide bonds. The zero-order chi connectivity index (χ0) is 16.6. The second-order valence-electron chi connectivity index (χ2n) is 5.10. The molecule has 0 aliphatic carbocycles. The minimum atomic E-state index is -0.941. The Balaban J connectivity index is 2.00. The zero-order valence-corrected chi connectivity index (χ0v) is 14.0. The number of halogens is 2. The van der Waals surface area contributed by atoms with Crippen molar-refractivity contribution in [3.8, 4) is 10.4 Å². The van der Waals surface area contributed by atoms with E-state index in [9.17, 15) is 13.6 Å². The zero-order valence-electron chi connectivity index (χ0n) is 12.4. The molecule has 1 aliphatic heterocycles. The lowest BCUT2D eigenvalue weighted by molar-refractivity contribution is 0.0759. The monoisotopic (exact) mass is 355 g/mol. The highest BCUT2D eigenvalue weighted by atomic mass is 32.2. The van der Waals surface area contributed by atoms with Gasteiger partial charge in [0.2, 0.25) is 0 Å². The van der Waals surface area contributed by atoms with Crippen LogP contribution < -0.4 is 5.73 Å².